The molecular weight excluding hydrogens is 470 g/mol. The van der Waals surface area contributed by atoms with Gasteiger partial charge < -0.3 is 25.3 Å². The minimum absolute atomic E-state index is 0.218. The molecule has 0 spiro atoms. The van der Waals surface area contributed by atoms with Crippen LogP contribution in [0.15, 0.2) is 66.7 Å². The number of amides is 1. The zero-order chi connectivity index (χ0) is 25.9. The summed E-state index contributed by atoms with van der Waals surface area (Å²) in [6, 6.07) is 20.6. The molecule has 188 valence electrons. The fourth-order valence-corrected chi connectivity index (χ4v) is 4.30. The second kappa shape index (κ2) is 10.1. The monoisotopic (exact) mass is 497 g/mol. The summed E-state index contributed by atoms with van der Waals surface area (Å²) >= 11 is 0. The summed E-state index contributed by atoms with van der Waals surface area (Å²) < 4.78 is 17.9. The van der Waals surface area contributed by atoms with E-state index in [1.807, 2.05) is 54.6 Å². The summed E-state index contributed by atoms with van der Waals surface area (Å²) in [6.45, 7) is 0.421. The molecule has 1 amide bonds. The predicted molar refractivity (Wildman–Crippen MR) is 143 cm³/mol. The third-order valence-electron chi connectivity index (χ3n) is 6.21. The number of para-hydroxylation sites is 2. The first-order valence-electron chi connectivity index (χ1n) is 11.7. The van der Waals surface area contributed by atoms with Gasteiger partial charge in [-0.05, 0) is 48.4 Å². The molecule has 0 saturated carbocycles. The summed E-state index contributed by atoms with van der Waals surface area (Å²) in [7, 11) is 4.78. The van der Waals surface area contributed by atoms with Crippen LogP contribution in [0, 0.1) is 0 Å². The highest BCUT2D eigenvalue weighted by atomic mass is 16.5. The number of carbonyl (C=O) groups is 1. The first-order valence-corrected chi connectivity index (χ1v) is 11.7. The van der Waals surface area contributed by atoms with Gasteiger partial charge in [0.05, 0.1) is 38.1 Å². The maximum Gasteiger partial charge on any atom is 0.257 e. The molecule has 2 aromatic heterocycles. The summed E-state index contributed by atoms with van der Waals surface area (Å²) in [5.41, 5.74) is 10.8. The molecule has 2 heterocycles. The number of ether oxygens (including phenoxy) is 3. The third-order valence-corrected chi connectivity index (χ3v) is 6.21. The summed E-state index contributed by atoms with van der Waals surface area (Å²) in [5, 5.41) is 2.99. The van der Waals surface area contributed by atoms with E-state index in [-0.39, 0.29) is 17.3 Å². The summed E-state index contributed by atoms with van der Waals surface area (Å²) in [5.74, 6) is 1.82. The number of nitrogens with two attached hydrogens (primary N) is 1. The first kappa shape index (κ1) is 23.9. The lowest BCUT2D eigenvalue weighted by atomic mass is 10.1. The molecule has 0 radical (unpaired) electrons. The Balaban J connectivity index is 1.57. The quantitative estimate of drug-likeness (QED) is 0.331. The van der Waals surface area contributed by atoms with Crippen LogP contribution in [0.25, 0.3) is 27.9 Å². The van der Waals surface area contributed by atoms with Crippen molar-refractivity contribution in [1.29, 1.82) is 0 Å². The molecule has 3 N–H and O–H groups in total. The maximum absolute atomic E-state index is 13.5. The fraction of sp³-hybridized carbons (Fsp3) is 0.179. The topological polar surface area (TPSA) is 114 Å². The van der Waals surface area contributed by atoms with Crippen molar-refractivity contribution < 1.29 is 19.0 Å². The highest BCUT2D eigenvalue weighted by molar-refractivity contribution is 6.11. The van der Waals surface area contributed by atoms with E-state index in [4.69, 9.17) is 29.9 Å². The molecule has 9 nitrogen and oxygen atoms in total. The maximum atomic E-state index is 13.5. The number of fused-ring (bicyclic) bond motifs is 2. The lowest BCUT2D eigenvalue weighted by molar-refractivity contribution is 0.0956. The van der Waals surface area contributed by atoms with E-state index in [2.05, 4.69) is 5.32 Å². The van der Waals surface area contributed by atoms with E-state index in [9.17, 15) is 4.79 Å². The van der Waals surface area contributed by atoms with Crippen molar-refractivity contribution in [2.45, 2.75) is 6.42 Å². The highest BCUT2D eigenvalue weighted by Crippen LogP contribution is 2.36. The van der Waals surface area contributed by atoms with Crippen LogP contribution in [0.3, 0.4) is 0 Å². The normalized spacial score (nSPS) is 11.0. The molecule has 3 aromatic carbocycles. The zero-order valence-electron chi connectivity index (χ0n) is 20.8. The standard InChI is InChI=1S/C28H27N5O4/c1-35-18-10-8-17(9-11-18)14-15-30-28(34)24-25-27(32-21-7-5-4-6-20(21)31-25)33(26(24)29)22-13-12-19(36-2)16-23(22)37-3/h4-13,16H,14-15,29H2,1-3H3,(H,30,34). The number of anilines is 1. The number of carbonyl (C=O) groups excluding carboxylic acids is 1. The van der Waals surface area contributed by atoms with Crippen molar-refractivity contribution in [1.82, 2.24) is 19.9 Å². The summed E-state index contributed by atoms with van der Waals surface area (Å²) in [6.07, 6.45) is 0.648. The van der Waals surface area contributed by atoms with Gasteiger partial charge in [-0.2, -0.15) is 0 Å². The lowest BCUT2D eigenvalue weighted by Gasteiger charge is -2.13. The number of nitrogens with zero attached hydrogens (tertiary/aromatic N) is 3. The number of hydrogen-bond acceptors (Lipinski definition) is 7. The molecule has 5 rings (SSSR count). The van der Waals surface area contributed by atoms with Crippen LogP contribution in [-0.4, -0.2) is 48.3 Å². The molecule has 0 aliphatic carbocycles. The van der Waals surface area contributed by atoms with Crippen LogP contribution in [-0.2, 0) is 6.42 Å². The van der Waals surface area contributed by atoms with Gasteiger partial charge in [-0.1, -0.05) is 24.3 Å². The van der Waals surface area contributed by atoms with Crippen molar-refractivity contribution in [3.63, 3.8) is 0 Å². The summed E-state index contributed by atoms with van der Waals surface area (Å²) in [4.78, 5) is 23.1. The Morgan fingerprint density at radius 1 is 0.892 bits per heavy atom. The Morgan fingerprint density at radius 3 is 2.24 bits per heavy atom. The van der Waals surface area contributed by atoms with Gasteiger partial charge in [0.2, 0.25) is 0 Å². The molecule has 5 aromatic rings. The average molecular weight is 498 g/mol. The minimum Gasteiger partial charge on any atom is -0.497 e. The van der Waals surface area contributed by atoms with Gasteiger partial charge in [-0.3, -0.25) is 9.36 Å². The van der Waals surface area contributed by atoms with Gasteiger partial charge in [0, 0.05) is 12.6 Å². The molecular formula is C28H27N5O4. The van der Waals surface area contributed by atoms with Gasteiger partial charge in [-0.15, -0.1) is 0 Å². The van der Waals surface area contributed by atoms with E-state index in [0.717, 1.165) is 11.3 Å². The van der Waals surface area contributed by atoms with Gasteiger partial charge in [-0.25, -0.2) is 9.97 Å². The van der Waals surface area contributed by atoms with Crippen molar-refractivity contribution in [3.8, 4) is 22.9 Å². The Hall–Kier alpha value is -4.79. The molecule has 0 bridgehead atoms. The van der Waals surface area contributed by atoms with E-state index in [1.165, 1.54) is 0 Å². The van der Waals surface area contributed by atoms with Crippen LogP contribution in [0.5, 0.6) is 17.2 Å². The number of nitrogens with one attached hydrogen (secondary N) is 1. The van der Waals surface area contributed by atoms with Crippen LogP contribution in [0.1, 0.15) is 15.9 Å². The van der Waals surface area contributed by atoms with Gasteiger partial charge >= 0.3 is 0 Å². The Bertz CT molecular complexity index is 1590. The van der Waals surface area contributed by atoms with Crippen molar-refractivity contribution >= 4 is 33.9 Å². The molecule has 0 saturated heterocycles. The average Bonchev–Trinajstić information content (AvgIpc) is 3.21. The van der Waals surface area contributed by atoms with Crippen LogP contribution in [0.2, 0.25) is 0 Å². The predicted octanol–water partition coefficient (Wildman–Crippen LogP) is 4.15. The van der Waals surface area contributed by atoms with Gasteiger partial charge in [0.1, 0.15) is 34.1 Å². The van der Waals surface area contributed by atoms with Crippen molar-refractivity contribution in [3.05, 3.63) is 77.9 Å². The van der Waals surface area contributed by atoms with Crippen molar-refractivity contribution in [2.75, 3.05) is 33.6 Å². The number of nitrogen functional groups attached to an aromatic ring is 1. The SMILES string of the molecule is COc1ccc(CCNC(=O)c2c(N)n(-c3ccc(OC)cc3OC)c3nc4ccccc4nc23)cc1. The van der Waals surface area contributed by atoms with Gasteiger partial charge in [0.15, 0.2) is 5.65 Å². The first-order chi connectivity index (χ1) is 18.0. The molecule has 0 aliphatic rings. The number of benzene rings is 3. The number of methoxy groups -OCH3 is 3. The van der Waals surface area contributed by atoms with E-state index >= 15 is 0 Å². The Morgan fingerprint density at radius 2 is 1.57 bits per heavy atom. The second-order valence-electron chi connectivity index (χ2n) is 8.37. The molecule has 0 unspecified atom stereocenters. The Labute approximate surface area is 213 Å². The van der Waals surface area contributed by atoms with Crippen molar-refractivity contribution in [2.24, 2.45) is 0 Å². The van der Waals surface area contributed by atoms with E-state index in [1.54, 1.807) is 38.0 Å². The van der Waals surface area contributed by atoms with E-state index in [0.29, 0.717) is 52.3 Å². The second-order valence-corrected chi connectivity index (χ2v) is 8.37. The smallest absolute Gasteiger partial charge is 0.257 e. The van der Waals surface area contributed by atoms with Crippen LogP contribution in [0.4, 0.5) is 5.82 Å². The highest BCUT2D eigenvalue weighted by Gasteiger charge is 2.26. The third kappa shape index (κ3) is 4.47. The van der Waals surface area contributed by atoms with Crippen LogP contribution < -0.4 is 25.3 Å². The minimum atomic E-state index is -0.327. The molecule has 0 atom stereocenters. The number of rotatable bonds is 8. The Kier molecular flexibility index (Phi) is 6.51. The molecule has 0 aliphatic heterocycles. The van der Waals surface area contributed by atoms with E-state index < -0.39 is 0 Å². The lowest BCUT2D eigenvalue weighted by Crippen LogP contribution is -2.26. The van der Waals surface area contributed by atoms with Crippen LogP contribution >= 0.6 is 0 Å². The zero-order valence-corrected chi connectivity index (χ0v) is 20.8. The van der Waals surface area contributed by atoms with Gasteiger partial charge in [0.25, 0.3) is 5.91 Å². The number of aromatic nitrogens is 3. The molecule has 9 heteroatoms. The fourth-order valence-electron chi connectivity index (χ4n) is 4.30. The largest absolute Gasteiger partial charge is 0.497 e. The molecule has 37 heavy (non-hydrogen) atoms. The number of hydrogen-bond donors (Lipinski definition) is 2. The molecule has 0 fully saturated rings.